The van der Waals surface area contributed by atoms with E-state index in [0.29, 0.717) is 19.4 Å². The van der Waals surface area contributed by atoms with Crippen molar-refractivity contribution in [1.82, 2.24) is 5.32 Å². The van der Waals surface area contributed by atoms with Gasteiger partial charge in [-0.3, -0.25) is 4.79 Å². The average Bonchev–Trinajstić information content (AvgIpc) is 2.49. The van der Waals surface area contributed by atoms with Crippen LogP contribution in [-0.2, 0) is 9.53 Å². The number of hydrogen-bond donors (Lipinski definition) is 1. The van der Waals surface area contributed by atoms with Crippen LogP contribution in [0.5, 0.6) is 5.75 Å². The van der Waals surface area contributed by atoms with Crippen molar-refractivity contribution in [3.63, 3.8) is 0 Å². The topological polar surface area (TPSA) is 47.6 Å². The lowest BCUT2D eigenvalue weighted by atomic mass is 10.0. The molecule has 0 saturated carbocycles. The molecule has 1 unspecified atom stereocenters. The molecule has 0 aliphatic heterocycles. The number of methoxy groups -OCH3 is 1. The van der Waals surface area contributed by atoms with Crippen LogP contribution in [0.1, 0.15) is 50.3 Å². The third kappa shape index (κ3) is 6.17. The molecule has 0 bridgehead atoms. The highest BCUT2D eigenvalue weighted by Crippen LogP contribution is 2.26. The number of hydrogen-bond acceptors (Lipinski definition) is 4. The number of benzene rings is 1. The minimum Gasteiger partial charge on any atom is -0.493 e. The van der Waals surface area contributed by atoms with E-state index >= 15 is 0 Å². The van der Waals surface area contributed by atoms with Gasteiger partial charge in [0.15, 0.2) is 0 Å². The zero-order chi connectivity index (χ0) is 15.7. The van der Waals surface area contributed by atoms with Crippen LogP contribution in [0.4, 0.5) is 0 Å². The van der Waals surface area contributed by atoms with E-state index in [1.54, 1.807) is 0 Å². The molecule has 118 valence electrons. The molecule has 1 aromatic carbocycles. The summed E-state index contributed by atoms with van der Waals surface area (Å²) < 4.78 is 10.5. The third-order valence-corrected chi connectivity index (χ3v) is 3.34. The molecule has 0 spiro atoms. The second-order valence-electron chi connectivity index (χ2n) is 5.25. The van der Waals surface area contributed by atoms with Crippen molar-refractivity contribution < 1.29 is 14.3 Å². The van der Waals surface area contributed by atoms with Crippen LogP contribution < -0.4 is 10.1 Å². The van der Waals surface area contributed by atoms with Gasteiger partial charge in [0, 0.05) is 18.0 Å². The van der Waals surface area contributed by atoms with Gasteiger partial charge in [0.2, 0.25) is 0 Å². The number of nitrogens with one attached hydrogen (secondary N) is 1. The first-order valence-corrected chi connectivity index (χ1v) is 7.62. The summed E-state index contributed by atoms with van der Waals surface area (Å²) in [5.41, 5.74) is 2.39. The van der Waals surface area contributed by atoms with E-state index in [4.69, 9.17) is 4.74 Å². The van der Waals surface area contributed by atoms with Gasteiger partial charge in [0.05, 0.1) is 13.7 Å². The van der Waals surface area contributed by atoms with Crippen LogP contribution >= 0.6 is 0 Å². The quantitative estimate of drug-likeness (QED) is 0.560. The van der Waals surface area contributed by atoms with Crippen LogP contribution in [0.2, 0.25) is 0 Å². The molecule has 1 aromatic rings. The number of carbonyl (C=O) groups is 1. The lowest BCUT2D eigenvalue weighted by molar-refractivity contribution is -0.140. The molecule has 0 aromatic heterocycles. The predicted octanol–water partition coefficient (Wildman–Crippen LogP) is 3.39. The van der Waals surface area contributed by atoms with E-state index in [9.17, 15) is 4.79 Å². The first-order chi connectivity index (χ1) is 10.1. The second kappa shape index (κ2) is 9.40. The maximum absolute atomic E-state index is 11.1. The number of carbonyl (C=O) groups excluding carboxylic acids is 1. The van der Waals surface area contributed by atoms with Crippen molar-refractivity contribution in [2.24, 2.45) is 0 Å². The molecule has 4 nitrogen and oxygen atoms in total. The van der Waals surface area contributed by atoms with Gasteiger partial charge in [-0.05, 0) is 39.3 Å². The number of esters is 1. The van der Waals surface area contributed by atoms with Crippen molar-refractivity contribution in [1.29, 1.82) is 0 Å². The molecule has 1 rings (SSSR count). The minimum absolute atomic E-state index is 0.194. The Hall–Kier alpha value is -1.55. The standard InChI is InChI=1S/C17H27NO3/c1-5-10-18-14(3)15-12-13(2)8-9-16(15)21-11-6-7-17(19)20-4/h8-9,12,14,18H,5-7,10-11H2,1-4H3. The predicted molar refractivity (Wildman–Crippen MR) is 84.6 cm³/mol. The van der Waals surface area contributed by atoms with E-state index < -0.39 is 0 Å². The zero-order valence-corrected chi connectivity index (χ0v) is 13.6. The van der Waals surface area contributed by atoms with E-state index in [2.05, 4.69) is 36.9 Å². The molecule has 0 amide bonds. The highest BCUT2D eigenvalue weighted by Gasteiger charge is 2.11. The van der Waals surface area contributed by atoms with Crippen molar-refractivity contribution in [2.45, 2.75) is 46.1 Å². The molecular formula is C17H27NO3. The van der Waals surface area contributed by atoms with Crippen LogP contribution in [0, 0.1) is 6.92 Å². The first-order valence-electron chi connectivity index (χ1n) is 7.62. The summed E-state index contributed by atoms with van der Waals surface area (Å²) in [5.74, 6) is 0.697. The fraction of sp³-hybridized carbons (Fsp3) is 0.588. The Kier molecular flexibility index (Phi) is 7.83. The lowest BCUT2D eigenvalue weighted by Crippen LogP contribution is -2.20. The van der Waals surface area contributed by atoms with Gasteiger partial charge < -0.3 is 14.8 Å². The smallest absolute Gasteiger partial charge is 0.305 e. The normalized spacial score (nSPS) is 12.0. The summed E-state index contributed by atoms with van der Waals surface area (Å²) in [6.45, 7) is 7.88. The van der Waals surface area contributed by atoms with E-state index in [0.717, 1.165) is 18.7 Å². The van der Waals surface area contributed by atoms with Crippen LogP contribution in [0.25, 0.3) is 0 Å². The summed E-state index contributed by atoms with van der Waals surface area (Å²) in [4.78, 5) is 11.1. The molecule has 0 heterocycles. The maximum Gasteiger partial charge on any atom is 0.305 e. The van der Waals surface area contributed by atoms with Gasteiger partial charge in [-0.1, -0.05) is 24.6 Å². The second-order valence-corrected chi connectivity index (χ2v) is 5.25. The Labute approximate surface area is 127 Å². The highest BCUT2D eigenvalue weighted by atomic mass is 16.5. The molecule has 0 radical (unpaired) electrons. The fourth-order valence-electron chi connectivity index (χ4n) is 2.11. The summed E-state index contributed by atoms with van der Waals surface area (Å²) in [6.07, 6.45) is 2.16. The Morgan fingerprint density at radius 1 is 1.38 bits per heavy atom. The first kappa shape index (κ1) is 17.5. The Balaban J connectivity index is 2.61. The highest BCUT2D eigenvalue weighted by molar-refractivity contribution is 5.69. The average molecular weight is 293 g/mol. The van der Waals surface area contributed by atoms with Gasteiger partial charge in [0.25, 0.3) is 0 Å². The zero-order valence-electron chi connectivity index (χ0n) is 13.6. The van der Waals surface area contributed by atoms with Crippen LogP contribution in [0.3, 0.4) is 0 Å². The summed E-state index contributed by atoms with van der Waals surface area (Å²) >= 11 is 0. The Morgan fingerprint density at radius 2 is 2.14 bits per heavy atom. The number of ether oxygens (including phenoxy) is 2. The van der Waals surface area contributed by atoms with Gasteiger partial charge in [-0.25, -0.2) is 0 Å². The Morgan fingerprint density at radius 3 is 2.81 bits per heavy atom. The van der Waals surface area contributed by atoms with E-state index in [1.807, 2.05) is 12.1 Å². The van der Waals surface area contributed by atoms with Gasteiger partial charge in [-0.2, -0.15) is 0 Å². The van der Waals surface area contributed by atoms with Crippen molar-refractivity contribution in [2.75, 3.05) is 20.3 Å². The largest absolute Gasteiger partial charge is 0.493 e. The summed E-state index contributed by atoms with van der Waals surface area (Å²) in [5, 5.41) is 3.48. The van der Waals surface area contributed by atoms with Crippen molar-refractivity contribution in [3.8, 4) is 5.75 Å². The number of rotatable bonds is 9. The minimum atomic E-state index is -0.194. The molecule has 4 heteroatoms. The Bertz CT molecular complexity index is 446. The van der Waals surface area contributed by atoms with Crippen LogP contribution in [0.15, 0.2) is 18.2 Å². The lowest BCUT2D eigenvalue weighted by Gasteiger charge is -2.19. The van der Waals surface area contributed by atoms with Gasteiger partial charge >= 0.3 is 5.97 Å². The van der Waals surface area contributed by atoms with Crippen LogP contribution in [-0.4, -0.2) is 26.2 Å². The maximum atomic E-state index is 11.1. The molecule has 0 saturated heterocycles. The number of aryl methyl sites for hydroxylation is 1. The molecule has 1 N–H and O–H groups in total. The molecule has 0 fully saturated rings. The van der Waals surface area contributed by atoms with Gasteiger partial charge in [0.1, 0.15) is 5.75 Å². The van der Waals surface area contributed by atoms with Crippen molar-refractivity contribution >= 4 is 5.97 Å². The monoisotopic (exact) mass is 293 g/mol. The molecular weight excluding hydrogens is 266 g/mol. The molecule has 1 atom stereocenters. The van der Waals surface area contributed by atoms with Crippen molar-refractivity contribution in [3.05, 3.63) is 29.3 Å². The van der Waals surface area contributed by atoms with Gasteiger partial charge in [-0.15, -0.1) is 0 Å². The fourth-order valence-corrected chi connectivity index (χ4v) is 2.11. The summed E-state index contributed by atoms with van der Waals surface area (Å²) in [6, 6.07) is 6.46. The molecule has 21 heavy (non-hydrogen) atoms. The SMILES string of the molecule is CCCNC(C)c1cc(C)ccc1OCCCC(=O)OC. The van der Waals surface area contributed by atoms with E-state index in [-0.39, 0.29) is 12.0 Å². The van der Waals surface area contributed by atoms with E-state index in [1.165, 1.54) is 18.2 Å². The third-order valence-electron chi connectivity index (χ3n) is 3.34. The molecule has 0 aliphatic carbocycles. The molecule has 0 aliphatic rings. The summed E-state index contributed by atoms with van der Waals surface area (Å²) in [7, 11) is 1.41.